The van der Waals surface area contributed by atoms with Gasteiger partial charge >= 0.3 is 24.3 Å². The Bertz CT molecular complexity index is 3170. The molecule has 460 valence electrons. The highest BCUT2D eigenvalue weighted by Crippen LogP contribution is 2.27. The molecule has 86 heavy (non-hydrogen) atoms. The predicted octanol–water partition coefficient (Wildman–Crippen LogP) is 1.48. The molecule has 2 amide bonds. The molecule has 29 heteroatoms. The first kappa shape index (κ1) is 73.2. The number of rotatable bonds is 16. The minimum atomic E-state index is -4.70. The Kier molecular flexibility index (Phi) is 30.5. The minimum Gasteiger partial charge on any atom is -0.545 e. The van der Waals surface area contributed by atoms with Crippen LogP contribution in [0.25, 0.3) is 0 Å². The molecule has 0 aliphatic carbocycles. The van der Waals surface area contributed by atoms with Crippen molar-refractivity contribution >= 4 is 65.3 Å². The van der Waals surface area contributed by atoms with E-state index in [0.717, 1.165) is 12.1 Å². The zero-order valence-corrected chi connectivity index (χ0v) is 45.4. The van der Waals surface area contributed by atoms with E-state index in [9.17, 15) is 105 Å². The van der Waals surface area contributed by atoms with E-state index in [4.69, 9.17) is 9.84 Å². The number of amides is 2. The van der Waals surface area contributed by atoms with Crippen LogP contribution in [0.2, 0.25) is 0 Å². The predicted molar refractivity (Wildman–Crippen MR) is 273 cm³/mol. The third-order valence-corrected chi connectivity index (χ3v) is 9.47. The van der Waals surface area contributed by atoms with Crippen LogP contribution in [-0.4, -0.2) is 103 Å². The summed E-state index contributed by atoms with van der Waals surface area (Å²) in [6.07, 6.45) is -9.35. The van der Waals surface area contributed by atoms with Crippen LogP contribution in [0.15, 0.2) is 140 Å². The standard InChI is InChI=1S/C11H8F6O4.C11H13NO3.C9H9NO3.2C9H8O4.C8H8O3/c12-10(13,14)4-20-6-1-2-8(7(3-6)9(18)19)21-5-11(15,16)17;1-7(2)12-10(13)8-3-5-9(6-4-8)11(14)15;1-6(11)10-8-4-2-7(3-5-8)9(12)13;1-13-9(12)7-4-2-6(3-5-7)8(10)11;1-6(10)13-8-4-2-7(3-5-8)9(11)12;9-5-6-1-3-7(4-2-6)8(10)11/h1-3H,4-5H2,(H,18,19);3-7H,1-2H3,(H,12,13)(H,14,15);2-5H,1H3,(H,10,11)(H,12,13);2-5H,1H3,(H,10,11);2-5H,1H3,(H,11,12);1-4,9H,5H2,(H,10,11)/p-6. The van der Waals surface area contributed by atoms with E-state index in [2.05, 4.69) is 24.8 Å². The van der Waals surface area contributed by atoms with Crippen molar-refractivity contribution in [1.82, 2.24) is 5.32 Å². The molecule has 0 atom stereocenters. The molecule has 0 aromatic heterocycles. The van der Waals surface area contributed by atoms with Gasteiger partial charge in [0.2, 0.25) is 5.91 Å². The maximum Gasteiger partial charge on any atom is 0.422 e. The Labute approximate surface area is 483 Å². The number of halogens is 6. The van der Waals surface area contributed by atoms with Crippen molar-refractivity contribution in [3.63, 3.8) is 0 Å². The zero-order chi connectivity index (χ0) is 65.5. The Morgan fingerprint density at radius 1 is 0.488 bits per heavy atom. The van der Waals surface area contributed by atoms with Crippen LogP contribution in [0, 0.1) is 0 Å². The van der Waals surface area contributed by atoms with Crippen molar-refractivity contribution < 1.29 is 129 Å². The lowest BCUT2D eigenvalue weighted by Crippen LogP contribution is -2.30. The van der Waals surface area contributed by atoms with E-state index < -0.39 is 90.4 Å². The fourth-order valence-corrected chi connectivity index (χ4v) is 5.64. The van der Waals surface area contributed by atoms with Gasteiger partial charge in [-0.15, -0.1) is 0 Å². The lowest BCUT2D eigenvalue weighted by molar-refractivity contribution is -0.256. The molecule has 6 rings (SSSR count). The van der Waals surface area contributed by atoms with Crippen LogP contribution in [-0.2, 0) is 20.9 Å². The molecule has 0 saturated carbocycles. The normalized spacial score (nSPS) is 10.2. The van der Waals surface area contributed by atoms with Crippen molar-refractivity contribution in [2.75, 3.05) is 25.6 Å². The van der Waals surface area contributed by atoms with Gasteiger partial charge in [-0.2, -0.15) is 26.3 Å². The number of alkyl halides is 6. The number of aliphatic hydroxyl groups excluding tert-OH is 1. The van der Waals surface area contributed by atoms with Gasteiger partial charge in [-0.3, -0.25) is 14.4 Å². The van der Waals surface area contributed by atoms with E-state index >= 15 is 0 Å². The molecule has 6 aromatic carbocycles. The fourth-order valence-electron chi connectivity index (χ4n) is 5.64. The number of anilines is 1. The number of methoxy groups -OCH3 is 1. The summed E-state index contributed by atoms with van der Waals surface area (Å²) < 4.78 is 89.3. The largest absolute Gasteiger partial charge is 0.545 e. The third kappa shape index (κ3) is 30.3. The Morgan fingerprint density at radius 3 is 1.20 bits per heavy atom. The first-order chi connectivity index (χ1) is 40.0. The van der Waals surface area contributed by atoms with Crippen LogP contribution >= 0.6 is 0 Å². The summed E-state index contributed by atoms with van der Waals surface area (Å²) in [5.74, 6) is -10.3. The van der Waals surface area contributed by atoms with Gasteiger partial charge in [0, 0.05) is 36.7 Å². The van der Waals surface area contributed by atoms with Gasteiger partial charge in [0.25, 0.3) is 5.91 Å². The molecule has 0 aliphatic heterocycles. The number of esters is 2. The molecule has 23 nitrogen and oxygen atoms in total. The molecular weight excluding hydrogens is 1160 g/mol. The number of aliphatic hydroxyl groups is 1. The summed E-state index contributed by atoms with van der Waals surface area (Å²) in [5, 5.41) is 76.2. The second-order valence-electron chi connectivity index (χ2n) is 16.7. The lowest BCUT2D eigenvalue weighted by atomic mass is 10.1. The Balaban J connectivity index is 0.000000523. The van der Waals surface area contributed by atoms with E-state index in [0.29, 0.717) is 34.2 Å². The van der Waals surface area contributed by atoms with Gasteiger partial charge in [0.1, 0.15) is 17.2 Å². The van der Waals surface area contributed by atoms with Gasteiger partial charge in [0.15, 0.2) is 13.2 Å². The molecule has 0 saturated heterocycles. The summed E-state index contributed by atoms with van der Waals surface area (Å²) in [6.45, 7) is 2.85. The van der Waals surface area contributed by atoms with E-state index in [1.807, 2.05) is 13.8 Å². The number of nitrogens with one attached hydrogen (secondary N) is 2. The van der Waals surface area contributed by atoms with Crippen molar-refractivity contribution in [3.05, 3.63) is 190 Å². The lowest BCUT2D eigenvalue weighted by Gasteiger charge is -2.15. The maximum absolute atomic E-state index is 12.0. The summed E-state index contributed by atoms with van der Waals surface area (Å²) >= 11 is 0. The van der Waals surface area contributed by atoms with Crippen LogP contribution in [0.5, 0.6) is 17.2 Å². The number of carboxylic acids is 6. The summed E-state index contributed by atoms with van der Waals surface area (Å²) in [6, 6.07) is 30.3. The third-order valence-electron chi connectivity index (χ3n) is 9.47. The highest BCUT2D eigenvalue weighted by Gasteiger charge is 2.30. The molecule has 0 radical (unpaired) electrons. The highest BCUT2D eigenvalue weighted by molar-refractivity contribution is 5.96. The quantitative estimate of drug-likeness (QED) is 0.0702. The van der Waals surface area contributed by atoms with Crippen LogP contribution in [0.1, 0.15) is 116 Å². The van der Waals surface area contributed by atoms with Gasteiger partial charge in [-0.05, 0) is 126 Å². The van der Waals surface area contributed by atoms with Gasteiger partial charge < -0.3 is 94.1 Å². The first-order valence-electron chi connectivity index (χ1n) is 23.8. The molecule has 0 aliphatic rings. The highest BCUT2D eigenvalue weighted by atomic mass is 19.4. The smallest absolute Gasteiger partial charge is 0.422 e. The van der Waals surface area contributed by atoms with Crippen LogP contribution in [0.4, 0.5) is 32.0 Å². The number of ether oxygens (including phenoxy) is 4. The van der Waals surface area contributed by atoms with Crippen LogP contribution < -0.4 is 55.5 Å². The molecular formula is C57H48F6N2O21-6. The average Bonchev–Trinajstić information content (AvgIpc) is 2.83. The number of carbonyl (C=O) groups excluding carboxylic acids is 10. The first-order valence-corrected chi connectivity index (χ1v) is 23.8. The molecule has 0 fully saturated rings. The molecule has 6 aromatic rings. The Morgan fingerprint density at radius 2 is 0.849 bits per heavy atom. The van der Waals surface area contributed by atoms with Gasteiger partial charge in [0.05, 0.1) is 55.1 Å². The van der Waals surface area contributed by atoms with E-state index in [1.165, 1.54) is 130 Å². The number of carbonyl (C=O) groups is 10. The molecule has 0 heterocycles. The van der Waals surface area contributed by atoms with E-state index in [1.54, 1.807) is 12.1 Å². The van der Waals surface area contributed by atoms with Crippen LogP contribution in [0.3, 0.4) is 0 Å². The van der Waals surface area contributed by atoms with Gasteiger partial charge in [-0.1, -0.05) is 60.7 Å². The molecule has 0 spiro atoms. The minimum absolute atomic E-state index is 0.0349. The fraction of sp³-hybridized carbons (Fsp3) is 0.193. The average molecular weight is 1210 g/mol. The number of hydrogen-bond donors (Lipinski definition) is 3. The SMILES string of the molecule is CC(=O)Nc1ccc(C(=O)[O-])cc1.CC(=O)Oc1ccc(C(=O)[O-])cc1.CC(C)NC(=O)c1ccc(C(=O)[O-])cc1.COC(=O)c1ccc(C(=O)[O-])cc1.O=C([O-])c1cc(OCC(F)(F)F)ccc1OCC(F)(F)F.O=C([O-])c1ccc(CO)cc1. The van der Waals surface area contributed by atoms with E-state index in [-0.39, 0.29) is 52.3 Å². The van der Waals surface area contributed by atoms with Crippen molar-refractivity contribution in [3.8, 4) is 17.2 Å². The number of hydrogen-bond acceptors (Lipinski definition) is 21. The second kappa shape index (κ2) is 35.9. The summed E-state index contributed by atoms with van der Waals surface area (Å²) in [5.41, 5.74) is 1.53. The Hall–Kier alpha value is -10.8. The van der Waals surface area contributed by atoms with Crippen molar-refractivity contribution in [2.24, 2.45) is 0 Å². The van der Waals surface area contributed by atoms with Crippen molar-refractivity contribution in [2.45, 2.75) is 52.7 Å². The number of carboxylic acid groups (broad SMARTS) is 6. The number of aromatic carboxylic acids is 6. The van der Waals surface area contributed by atoms with Crippen molar-refractivity contribution in [1.29, 1.82) is 0 Å². The molecule has 3 N–H and O–H groups in total. The van der Waals surface area contributed by atoms with Gasteiger partial charge in [-0.25, -0.2) is 4.79 Å². The monoisotopic (exact) mass is 1210 g/mol. The topological polar surface area (TPSA) is 390 Å². The zero-order valence-electron chi connectivity index (χ0n) is 45.4. The number of benzene rings is 6. The molecule has 0 bridgehead atoms. The maximum atomic E-state index is 12.0. The molecule has 0 unspecified atom stereocenters. The summed E-state index contributed by atoms with van der Waals surface area (Å²) in [4.78, 5) is 106. The summed E-state index contributed by atoms with van der Waals surface area (Å²) in [7, 11) is 1.26. The second-order valence-corrected chi connectivity index (χ2v) is 16.7.